The van der Waals surface area contributed by atoms with Crippen LogP contribution in [-0.4, -0.2) is 42.1 Å². The molecule has 1 heterocycles. The van der Waals surface area contributed by atoms with Crippen molar-refractivity contribution in [1.29, 1.82) is 0 Å². The number of rotatable bonds is 7. The van der Waals surface area contributed by atoms with Crippen LogP contribution < -0.4 is 4.74 Å². The van der Waals surface area contributed by atoms with Crippen LogP contribution in [0.1, 0.15) is 42.1 Å². The molecule has 1 aromatic rings. The third-order valence-corrected chi connectivity index (χ3v) is 5.21. The smallest absolute Gasteiger partial charge is 0.307 e. The number of nitrogens with zero attached hydrogens (tertiary/aromatic N) is 1. The molecule has 1 aliphatic carbocycles. The molecule has 2 aliphatic rings. The van der Waals surface area contributed by atoms with Gasteiger partial charge in [-0.05, 0) is 38.0 Å². The minimum absolute atomic E-state index is 0.0219. The van der Waals surface area contributed by atoms with E-state index in [1.807, 2.05) is 12.2 Å². The molecule has 0 radical (unpaired) electrons. The van der Waals surface area contributed by atoms with Crippen LogP contribution in [0.4, 0.5) is 0 Å². The van der Waals surface area contributed by atoms with E-state index in [1.165, 1.54) is 18.9 Å². The Labute approximate surface area is 163 Å². The molecule has 7 heteroatoms. The highest BCUT2D eigenvalue weighted by atomic mass is 16.5. The molecular formula is C21H23NO6. The summed E-state index contributed by atoms with van der Waals surface area (Å²) < 4.78 is 10.5. The van der Waals surface area contributed by atoms with Crippen LogP contribution in [-0.2, 0) is 25.7 Å². The Morgan fingerprint density at radius 3 is 2.32 bits per heavy atom. The molecule has 148 valence electrons. The highest BCUT2D eigenvalue weighted by Gasteiger charge is 2.46. The molecule has 1 saturated heterocycles. The van der Waals surface area contributed by atoms with Crippen LogP contribution in [0.15, 0.2) is 30.4 Å². The van der Waals surface area contributed by atoms with Crippen molar-refractivity contribution < 1.29 is 28.7 Å². The Kier molecular flexibility index (Phi) is 5.92. The number of carbonyl (C=O) groups excluding carboxylic acids is 4. The minimum atomic E-state index is -0.524. The van der Waals surface area contributed by atoms with Crippen molar-refractivity contribution in [3.63, 3.8) is 0 Å². The van der Waals surface area contributed by atoms with E-state index in [9.17, 15) is 19.2 Å². The molecule has 3 rings (SSSR count). The second kappa shape index (κ2) is 8.37. The van der Waals surface area contributed by atoms with Gasteiger partial charge in [-0.2, -0.15) is 0 Å². The van der Waals surface area contributed by atoms with Crippen LogP contribution >= 0.6 is 0 Å². The maximum atomic E-state index is 12.4. The molecule has 1 aliphatic heterocycles. The number of ether oxygens (including phenoxy) is 2. The Morgan fingerprint density at radius 2 is 1.75 bits per heavy atom. The molecule has 2 amide bonds. The van der Waals surface area contributed by atoms with Gasteiger partial charge in [0.1, 0.15) is 12.4 Å². The van der Waals surface area contributed by atoms with Gasteiger partial charge in [0.25, 0.3) is 0 Å². The predicted molar refractivity (Wildman–Crippen MR) is 99.5 cm³/mol. The Morgan fingerprint density at radius 1 is 1.11 bits per heavy atom. The topological polar surface area (TPSA) is 90.0 Å². The van der Waals surface area contributed by atoms with Gasteiger partial charge >= 0.3 is 5.97 Å². The summed E-state index contributed by atoms with van der Waals surface area (Å²) in [6, 6.07) is 4.92. The normalized spacial score (nSPS) is 20.9. The number of Topliss-reactive ketones (excluding diaryl/α,β-unsaturated/α-hetero) is 1. The number of benzene rings is 1. The summed E-state index contributed by atoms with van der Waals surface area (Å²) in [5, 5.41) is 0. The zero-order valence-electron chi connectivity index (χ0n) is 16.0. The van der Waals surface area contributed by atoms with Gasteiger partial charge in [0.15, 0.2) is 5.78 Å². The average Bonchev–Trinajstić information content (AvgIpc) is 2.95. The van der Waals surface area contributed by atoms with Crippen LogP contribution in [0, 0.1) is 11.8 Å². The zero-order valence-corrected chi connectivity index (χ0v) is 16.0. The van der Waals surface area contributed by atoms with Gasteiger partial charge in [-0.25, -0.2) is 0 Å². The van der Waals surface area contributed by atoms with E-state index in [0.717, 1.165) is 0 Å². The molecule has 7 nitrogen and oxygen atoms in total. The lowest BCUT2D eigenvalue weighted by molar-refractivity contribution is -0.146. The zero-order chi connectivity index (χ0) is 20.3. The van der Waals surface area contributed by atoms with Crippen molar-refractivity contribution in [2.75, 3.05) is 13.7 Å². The Hall–Kier alpha value is -2.96. The van der Waals surface area contributed by atoms with Crippen LogP contribution in [0.25, 0.3) is 0 Å². The number of allylic oxidation sites excluding steroid dienone is 2. The van der Waals surface area contributed by atoms with Crippen molar-refractivity contribution >= 4 is 23.6 Å². The Bertz CT molecular complexity index is 817. The fourth-order valence-electron chi connectivity index (χ4n) is 3.63. The van der Waals surface area contributed by atoms with Crippen molar-refractivity contribution in [3.8, 4) is 5.75 Å². The standard InChI is InChI=1S/C21H23NO6/c1-13(23)14-7-8-18(27-2)15(11-14)12-28-19(24)9-10-22-20(25)16-5-3-4-6-17(16)21(22)26/h3-4,7-8,11,16-17H,5-6,9-10,12H2,1-2H3/t16-,17+. The van der Waals surface area contributed by atoms with E-state index in [2.05, 4.69) is 0 Å². The van der Waals surface area contributed by atoms with Gasteiger partial charge in [-0.1, -0.05) is 12.2 Å². The molecule has 0 aromatic heterocycles. The van der Waals surface area contributed by atoms with E-state index >= 15 is 0 Å². The molecule has 1 fully saturated rings. The number of ketones is 1. The second-order valence-corrected chi connectivity index (χ2v) is 6.98. The second-order valence-electron chi connectivity index (χ2n) is 6.98. The molecule has 0 saturated carbocycles. The van der Waals surface area contributed by atoms with E-state index in [4.69, 9.17) is 9.47 Å². The number of carbonyl (C=O) groups is 4. The maximum absolute atomic E-state index is 12.4. The predicted octanol–water partition coefficient (Wildman–Crippen LogP) is 2.28. The minimum Gasteiger partial charge on any atom is -0.496 e. The number of imide groups is 1. The van der Waals surface area contributed by atoms with Crippen molar-refractivity contribution in [3.05, 3.63) is 41.5 Å². The first-order valence-corrected chi connectivity index (χ1v) is 9.26. The summed E-state index contributed by atoms with van der Waals surface area (Å²) in [5.41, 5.74) is 1.07. The first kappa shape index (κ1) is 19.8. The van der Waals surface area contributed by atoms with Crippen LogP contribution in [0.2, 0.25) is 0 Å². The molecule has 0 N–H and O–H groups in total. The summed E-state index contributed by atoms with van der Waals surface area (Å²) >= 11 is 0. The lowest BCUT2D eigenvalue weighted by Gasteiger charge is -2.14. The summed E-state index contributed by atoms with van der Waals surface area (Å²) in [4.78, 5) is 49.6. The van der Waals surface area contributed by atoms with Crippen molar-refractivity contribution in [1.82, 2.24) is 4.90 Å². The van der Waals surface area contributed by atoms with Crippen molar-refractivity contribution in [2.45, 2.75) is 32.8 Å². The third-order valence-electron chi connectivity index (χ3n) is 5.21. The number of hydrogen-bond donors (Lipinski definition) is 0. The first-order chi connectivity index (χ1) is 13.4. The monoisotopic (exact) mass is 385 g/mol. The number of fused-ring (bicyclic) bond motifs is 1. The molecule has 0 unspecified atom stereocenters. The third kappa shape index (κ3) is 3.98. The largest absolute Gasteiger partial charge is 0.496 e. The van der Waals surface area contributed by atoms with Gasteiger partial charge in [-0.15, -0.1) is 0 Å². The van der Waals surface area contributed by atoms with Gasteiger partial charge in [0.05, 0.1) is 25.4 Å². The Balaban J connectivity index is 1.55. The molecular weight excluding hydrogens is 362 g/mol. The van der Waals surface area contributed by atoms with Gasteiger partial charge < -0.3 is 9.47 Å². The van der Waals surface area contributed by atoms with Gasteiger partial charge in [0, 0.05) is 17.7 Å². The van der Waals surface area contributed by atoms with Crippen molar-refractivity contribution in [2.24, 2.45) is 11.8 Å². The first-order valence-electron chi connectivity index (χ1n) is 9.26. The quantitative estimate of drug-likeness (QED) is 0.310. The fourth-order valence-corrected chi connectivity index (χ4v) is 3.63. The fraction of sp³-hybridized carbons (Fsp3) is 0.429. The lowest BCUT2D eigenvalue weighted by Crippen LogP contribution is -2.33. The molecule has 28 heavy (non-hydrogen) atoms. The number of esters is 1. The summed E-state index contributed by atoms with van der Waals surface area (Å²) in [7, 11) is 1.49. The van der Waals surface area contributed by atoms with E-state index in [1.54, 1.807) is 18.2 Å². The molecule has 0 bridgehead atoms. The maximum Gasteiger partial charge on any atom is 0.307 e. The highest BCUT2D eigenvalue weighted by molar-refractivity contribution is 6.05. The number of methoxy groups -OCH3 is 1. The van der Waals surface area contributed by atoms with E-state index < -0.39 is 5.97 Å². The molecule has 0 spiro atoms. The average molecular weight is 385 g/mol. The SMILES string of the molecule is COc1ccc(C(C)=O)cc1COC(=O)CCN1C(=O)[C@H]2CC=CC[C@H]2C1=O. The van der Waals surface area contributed by atoms with Gasteiger partial charge in [-0.3, -0.25) is 24.1 Å². The summed E-state index contributed by atoms with van der Waals surface area (Å²) in [5.74, 6) is -1.12. The molecule has 1 aromatic carbocycles. The molecule has 2 atom stereocenters. The number of amides is 2. The summed E-state index contributed by atoms with van der Waals surface area (Å²) in [6.45, 7) is 1.42. The summed E-state index contributed by atoms with van der Waals surface area (Å²) in [6.07, 6.45) is 4.92. The van der Waals surface area contributed by atoms with E-state index in [-0.39, 0.29) is 49.0 Å². The van der Waals surface area contributed by atoms with Crippen LogP contribution in [0.3, 0.4) is 0 Å². The van der Waals surface area contributed by atoms with Crippen LogP contribution in [0.5, 0.6) is 5.75 Å². The lowest BCUT2D eigenvalue weighted by atomic mass is 9.85. The number of hydrogen-bond acceptors (Lipinski definition) is 6. The van der Waals surface area contributed by atoms with E-state index in [0.29, 0.717) is 29.7 Å². The van der Waals surface area contributed by atoms with Gasteiger partial charge in [0.2, 0.25) is 11.8 Å². The number of likely N-dealkylation sites (tertiary alicyclic amines) is 1. The highest BCUT2D eigenvalue weighted by Crippen LogP contribution is 2.35.